The standard InChI is InChI=1S/C13H19NO3/c1-16-11-9-14-13(15)8-5-10-17-12-6-3-2-4-7-12/h2-4,6-7H,5,8-11H2,1H3,(H,14,15). The minimum atomic E-state index is 0.0405. The van der Waals surface area contributed by atoms with Crippen LogP contribution in [-0.2, 0) is 9.53 Å². The summed E-state index contributed by atoms with van der Waals surface area (Å²) in [5.41, 5.74) is 0. The van der Waals surface area contributed by atoms with Gasteiger partial charge >= 0.3 is 0 Å². The molecule has 0 aliphatic rings. The van der Waals surface area contributed by atoms with Gasteiger partial charge in [0, 0.05) is 20.1 Å². The Labute approximate surface area is 102 Å². The fourth-order valence-electron chi connectivity index (χ4n) is 1.32. The van der Waals surface area contributed by atoms with Gasteiger partial charge in [0.25, 0.3) is 0 Å². The average Bonchev–Trinajstić information content (AvgIpc) is 2.36. The molecule has 94 valence electrons. The number of ether oxygens (including phenoxy) is 2. The van der Waals surface area contributed by atoms with Crippen LogP contribution < -0.4 is 10.1 Å². The first-order valence-electron chi connectivity index (χ1n) is 5.76. The van der Waals surface area contributed by atoms with Crippen LogP contribution in [-0.4, -0.2) is 32.8 Å². The number of hydrogen-bond donors (Lipinski definition) is 1. The lowest BCUT2D eigenvalue weighted by Crippen LogP contribution is -2.26. The van der Waals surface area contributed by atoms with Crippen molar-refractivity contribution in [1.29, 1.82) is 0 Å². The maximum atomic E-state index is 11.3. The third-order valence-corrected chi connectivity index (χ3v) is 2.19. The number of nitrogens with one attached hydrogen (secondary N) is 1. The smallest absolute Gasteiger partial charge is 0.220 e. The van der Waals surface area contributed by atoms with E-state index in [4.69, 9.17) is 9.47 Å². The van der Waals surface area contributed by atoms with Crippen molar-refractivity contribution in [1.82, 2.24) is 5.32 Å². The van der Waals surface area contributed by atoms with Crippen LogP contribution in [0.3, 0.4) is 0 Å². The number of carbonyl (C=O) groups excluding carboxylic acids is 1. The van der Waals surface area contributed by atoms with Crippen molar-refractivity contribution < 1.29 is 14.3 Å². The van der Waals surface area contributed by atoms with Gasteiger partial charge in [-0.05, 0) is 18.6 Å². The van der Waals surface area contributed by atoms with E-state index in [1.54, 1.807) is 7.11 Å². The van der Waals surface area contributed by atoms with E-state index in [9.17, 15) is 4.79 Å². The van der Waals surface area contributed by atoms with Gasteiger partial charge < -0.3 is 14.8 Å². The summed E-state index contributed by atoms with van der Waals surface area (Å²) in [4.78, 5) is 11.3. The van der Waals surface area contributed by atoms with Crippen molar-refractivity contribution in [2.45, 2.75) is 12.8 Å². The predicted molar refractivity (Wildman–Crippen MR) is 66.1 cm³/mol. The molecular formula is C13H19NO3. The second-order valence-corrected chi connectivity index (χ2v) is 3.61. The van der Waals surface area contributed by atoms with Gasteiger partial charge in [0.1, 0.15) is 5.75 Å². The monoisotopic (exact) mass is 237 g/mol. The summed E-state index contributed by atoms with van der Waals surface area (Å²) in [6.45, 7) is 1.67. The number of hydrogen-bond acceptors (Lipinski definition) is 3. The molecule has 1 amide bonds. The van der Waals surface area contributed by atoms with Gasteiger partial charge in [-0.3, -0.25) is 4.79 Å². The molecule has 0 unspecified atom stereocenters. The van der Waals surface area contributed by atoms with E-state index in [1.807, 2.05) is 30.3 Å². The van der Waals surface area contributed by atoms with Gasteiger partial charge in [-0.1, -0.05) is 18.2 Å². The van der Waals surface area contributed by atoms with E-state index in [2.05, 4.69) is 5.32 Å². The molecule has 0 radical (unpaired) electrons. The van der Waals surface area contributed by atoms with E-state index in [0.717, 1.165) is 5.75 Å². The molecule has 0 fully saturated rings. The van der Waals surface area contributed by atoms with Crippen LogP contribution in [0.1, 0.15) is 12.8 Å². The summed E-state index contributed by atoms with van der Waals surface area (Å²) in [5.74, 6) is 0.881. The zero-order valence-corrected chi connectivity index (χ0v) is 10.1. The maximum Gasteiger partial charge on any atom is 0.220 e. The maximum absolute atomic E-state index is 11.3. The van der Waals surface area contributed by atoms with E-state index >= 15 is 0 Å². The molecule has 0 spiro atoms. The summed E-state index contributed by atoms with van der Waals surface area (Å²) in [5, 5.41) is 2.76. The van der Waals surface area contributed by atoms with Crippen molar-refractivity contribution in [3.05, 3.63) is 30.3 Å². The van der Waals surface area contributed by atoms with Crippen LogP contribution in [0.15, 0.2) is 30.3 Å². The summed E-state index contributed by atoms with van der Waals surface area (Å²) in [6.07, 6.45) is 1.20. The molecule has 0 aliphatic carbocycles. The first-order valence-corrected chi connectivity index (χ1v) is 5.76. The second-order valence-electron chi connectivity index (χ2n) is 3.61. The Kier molecular flexibility index (Phi) is 6.82. The molecule has 0 saturated carbocycles. The zero-order chi connectivity index (χ0) is 12.3. The Morgan fingerprint density at radius 1 is 1.24 bits per heavy atom. The van der Waals surface area contributed by atoms with Crippen LogP contribution in [0.5, 0.6) is 5.75 Å². The lowest BCUT2D eigenvalue weighted by Gasteiger charge is -2.06. The highest BCUT2D eigenvalue weighted by Crippen LogP contribution is 2.08. The molecule has 17 heavy (non-hydrogen) atoms. The molecule has 0 saturated heterocycles. The van der Waals surface area contributed by atoms with E-state index < -0.39 is 0 Å². The minimum Gasteiger partial charge on any atom is -0.494 e. The molecule has 4 heteroatoms. The van der Waals surface area contributed by atoms with Crippen LogP contribution in [0.2, 0.25) is 0 Å². The van der Waals surface area contributed by atoms with Crippen LogP contribution >= 0.6 is 0 Å². The summed E-state index contributed by atoms with van der Waals surface area (Å²) >= 11 is 0. The molecule has 1 rings (SSSR count). The molecular weight excluding hydrogens is 218 g/mol. The number of methoxy groups -OCH3 is 1. The first kappa shape index (κ1) is 13.5. The molecule has 0 atom stereocenters. The summed E-state index contributed by atoms with van der Waals surface area (Å²) in [7, 11) is 1.61. The zero-order valence-electron chi connectivity index (χ0n) is 10.1. The van der Waals surface area contributed by atoms with Crippen LogP contribution in [0.25, 0.3) is 0 Å². The number of rotatable bonds is 8. The summed E-state index contributed by atoms with van der Waals surface area (Å²) < 4.78 is 10.3. The molecule has 1 aromatic carbocycles. The second kappa shape index (κ2) is 8.58. The van der Waals surface area contributed by atoms with Gasteiger partial charge in [0.2, 0.25) is 5.91 Å². The quantitative estimate of drug-likeness (QED) is 0.699. The van der Waals surface area contributed by atoms with Crippen molar-refractivity contribution in [2.24, 2.45) is 0 Å². The third-order valence-electron chi connectivity index (χ3n) is 2.19. The van der Waals surface area contributed by atoms with Crippen LogP contribution in [0.4, 0.5) is 0 Å². The third kappa shape index (κ3) is 6.58. The number of carbonyl (C=O) groups is 1. The molecule has 1 aromatic rings. The lowest BCUT2D eigenvalue weighted by atomic mass is 10.3. The summed E-state index contributed by atoms with van der Waals surface area (Å²) in [6, 6.07) is 9.59. The molecule has 1 N–H and O–H groups in total. The number of amides is 1. The normalized spacial score (nSPS) is 9.94. The van der Waals surface area contributed by atoms with Crippen molar-refractivity contribution >= 4 is 5.91 Å². The number of benzene rings is 1. The Balaban J connectivity index is 2.02. The first-order chi connectivity index (χ1) is 8.33. The molecule has 0 heterocycles. The fraction of sp³-hybridized carbons (Fsp3) is 0.462. The van der Waals surface area contributed by atoms with Crippen molar-refractivity contribution in [2.75, 3.05) is 26.9 Å². The SMILES string of the molecule is COCCNC(=O)CCCOc1ccccc1. The van der Waals surface area contributed by atoms with Crippen molar-refractivity contribution in [3.8, 4) is 5.75 Å². The van der Waals surface area contributed by atoms with Crippen LogP contribution in [0, 0.1) is 0 Å². The highest BCUT2D eigenvalue weighted by Gasteiger charge is 2.00. The highest BCUT2D eigenvalue weighted by atomic mass is 16.5. The number of para-hydroxylation sites is 1. The van der Waals surface area contributed by atoms with E-state index in [0.29, 0.717) is 32.6 Å². The predicted octanol–water partition coefficient (Wildman–Crippen LogP) is 1.61. The van der Waals surface area contributed by atoms with Gasteiger partial charge in [-0.2, -0.15) is 0 Å². The molecule has 0 bridgehead atoms. The minimum absolute atomic E-state index is 0.0405. The Morgan fingerprint density at radius 2 is 2.00 bits per heavy atom. The lowest BCUT2D eigenvalue weighted by molar-refractivity contribution is -0.121. The van der Waals surface area contributed by atoms with Gasteiger partial charge in [-0.15, -0.1) is 0 Å². The highest BCUT2D eigenvalue weighted by molar-refractivity contribution is 5.75. The Morgan fingerprint density at radius 3 is 2.71 bits per heavy atom. The van der Waals surface area contributed by atoms with Gasteiger partial charge in [0.15, 0.2) is 0 Å². The van der Waals surface area contributed by atoms with E-state index in [-0.39, 0.29) is 5.91 Å². The molecule has 4 nitrogen and oxygen atoms in total. The fourth-order valence-corrected chi connectivity index (χ4v) is 1.32. The Bertz CT molecular complexity index is 314. The van der Waals surface area contributed by atoms with Gasteiger partial charge in [-0.25, -0.2) is 0 Å². The van der Waals surface area contributed by atoms with E-state index in [1.165, 1.54) is 0 Å². The van der Waals surface area contributed by atoms with Gasteiger partial charge in [0.05, 0.1) is 13.2 Å². The topological polar surface area (TPSA) is 47.6 Å². The molecule has 0 aliphatic heterocycles. The largest absolute Gasteiger partial charge is 0.494 e. The van der Waals surface area contributed by atoms with Crippen molar-refractivity contribution in [3.63, 3.8) is 0 Å². The average molecular weight is 237 g/mol. The Hall–Kier alpha value is -1.55. The molecule has 0 aromatic heterocycles.